The van der Waals surface area contributed by atoms with Crippen LogP contribution in [0.4, 0.5) is 0 Å². The van der Waals surface area contributed by atoms with Gasteiger partial charge in [-0.05, 0) is 37.5 Å². The van der Waals surface area contributed by atoms with Crippen LogP contribution in [0.3, 0.4) is 0 Å². The fourth-order valence-corrected chi connectivity index (χ4v) is 4.23. The number of aryl methyl sites for hydroxylation is 2. The molecule has 1 aromatic rings. The van der Waals surface area contributed by atoms with Crippen molar-refractivity contribution >= 4 is 11.8 Å². The van der Waals surface area contributed by atoms with E-state index in [2.05, 4.69) is 31.9 Å². The predicted molar refractivity (Wildman–Crippen MR) is 77.0 cm³/mol. The van der Waals surface area contributed by atoms with E-state index in [1.54, 1.807) is 0 Å². The van der Waals surface area contributed by atoms with E-state index in [9.17, 15) is 5.11 Å². The first-order valence-electron chi connectivity index (χ1n) is 6.71. The lowest BCUT2D eigenvalue weighted by molar-refractivity contribution is -0.0526. The Bertz CT molecular complexity index is 427. The average Bonchev–Trinajstić information content (AvgIpc) is 2.63. The number of aromatic nitrogens is 2. The summed E-state index contributed by atoms with van der Waals surface area (Å²) in [6, 6.07) is 2.11. The maximum Gasteiger partial charge on any atom is 0.0843 e. The van der Waals surface area contributed by atoms with Crippen molar-refractivity contribution in [3.63, 3.8) is 0 Å². The molecule has 0 bridgehead atoms. The van der Waals surface area contributed by atoms with E-state index >= 15 is 0 Å². The summed E-state index contributed by atoms with van der Waals surface area (Å²) in [5.41, 5.74) is 1.56. The summed E-state index contributed by atoms with van der Waals surface area (Å²) in [6.45, 7) is 9.35. The Labute approximate surface area is 114 Å². The number of nitrogens with zero attached hydrogens (tertiary/aromatic N) is 2. The van der Waals surface area contributed by atoms with Crippen LogP contribution in [-0.4, -0.2) is 32.0 Å². The van der Waals surface area contributed by atoms with Gasteiger partial charge in [-0.25, -0.2) is 0 Å². The number of aliphatic hydroxyl groups is 1. The fourth-order valence-electron chi connectivity index (χ4n) is 2.60. The molecule has 1 fully saturated rings. The van der Waals surface area contributed by atoms with Crippen molar-refractivity contribution in [1.82, 2.24) is 9.78 Å². The molecule has 1 saturated heterocycles. The zero-order valence-corrected chi connectivity index (χ0v) is 12.7. The lowest BCUT2D eigenvalue weighted by Crippen LogP contribution is -2.51. The van der Waals surface area contributed by atoms with Crippen LogP contribution in [-0.2, 0) is 13.0 Å². The minimum absolute atomic E-state index is 0.0189. The molecule has 0 aromatic carbocycles. The predicted octanol–water partition coefficient (Wildman–Crippen LogP) is 2.65. The molecule has 1 aliphatic heterocycles. The summed E-state index contributed by atoms with van der Waals surface area (Å²) in [5.74, 6) is 1.98. The summed E-state index contributed by atoms with van der Waals surface area (Å²) in [7, 11) is 0. The van der Waals surface area contributed by atoms with Gasteiger partial charge >= 0.3 is 0 Å². The zero-order chi connectivity index (χ0) is 13.4. The smallest absolute Gasteiger partial charge is 0.0843 e. The first kappa shape index (κ1) is 13.9. The van der Waals surface area contributed by atoms with Crippen LogP contribution in [0.1, 0.15) is 38.6 Å². The van der Waals surface area contributed by atoms with Crippen molar-refractivity contribution in [2.75, 3.05) is 11.5 Å². The van der Waals surface area contributed by atoms with E-state index < -0.39 is 5.60 Å². The van der Waals surface area contributed by atoms with Crippen LogP contribution in [0.15, 0.2) is 6.07 Å². The summed E-state index contributed by atoms with van der Waals surface area (Å²) in [6.07, 6.45) is 1.79. The lowest BCUT2D eigenvalue weighted by Gasteiger charge is -2.46. The molecular weight excluding hydrogens is 244 g/mol. The Morgan fingerprint density at radius 3 is 2.83 bits per heavy atom. The number of hydrogen-bond donors (Lipinski definition) is 1. The van der Waals surface area contributed by atoms with Crippen LogP contribution in [0, 0.1) is 12.3 Å². The highest BCUT2D eigenvalue weighted by Crippen LogP contribution is 2.44. The summed E-state index contributed by atoms with van der Waals surface area (Å²) in [5, 5.41) is 15.5. The van der Waals surface area contributed by atoms with Crippen molar-refractivity contribution in [2.45, 2.75) is 52.7 Å². The van der Waals surface area contributed by atoms with E-state index in [-0.39, 0.29) is 5.41 Å². The summed E-state index contributed by atoms with van der Waals surface area (Å²) in [4.78, 5) is 0. The maximum absolute atomic E-state index is 11.0. The Morgan fingerprint density at radius 1 is 1.50 bits per heavy atom. The number of hydrogen-bond acceptors (Lipinski definition) is 3. The van der Waals surface area contributed by atoms with E-state index in [1.807, 2.05) is 23.4 Å². The van der Waals surface area contributed by atoms with Crippen LogP contribution >= 0.6 is 11.8 Å². The van der Waals surface area contributed by atoms with Gasteiger partial charge in [-0.2, -0.15) is 16.9 Å². The van der Waals surface area contributed by atoms with Crippen molar-refractivity contribution in [1.29, 1.82) is 0 Å². The van der Waals surface area contributed by atoms with Crippen LogP contribution in [0.2, 0.25) is 0 Å². The van der Waals surface area contributed by atoms with Gasteiger partial charge in [-0.3, -0.25) is 4.68 Å². The third kappa shape index (κ3) is 2.45. The first-order valence-corrected chi connectivity index (χ1v) is 7.87. The topological polar surface area (TPSA) is 38.0 Å². The normalized spacial score (nSPS) is 27.4. The van der Waals surface area contributed by atoms with Gasteiger partial charge in [-0.15, -0.1) is 0 Å². The molecule has 0 spiro atoms. The Kier molecular flexibility index (Phi) is 3.79. The van der Waals surface area contributed by atoms with Crippen molar-refractivity contribution < 1.29 is 5.11 Å². The van der Waals surface area contributed by atoms with Crippen LogP contribution < -0.4 is 0 Å². The van der Waals surface area contributed by atoms with Gasteiger partial charge in [0.15, 0.2) is 0 Å². The van der Waals surface area contributed by atoms with E-state index in [0.29, 0.717) is 6.42 Å². The summed E-state index contributed by atoms with van der Waals surface area (Å²) >= 11 is 1.86. The molecule has 0 radical (unpaired) electrons. The number of thioether (sulfide) groups is 1. The van der Waals surface area contributed by atoms with Crippen molar-refractivity contribution in [3.8, 4) is 0 Å². The van der Waals surface area contributed by atoms with Crippen LogP contribution in [0.25, 0.3) is 0 Å². The molecule has 1 aliphatic rings. The maximum atomic E-state index is 11.0. The second-order valence-electron chi connectivity index (χ2n) is 5.99. The first-order chi connectivity index (χ1) is 8.38. The molecule has 0 amide bonds. The highest BCUT2D eigenvalue weighted by atomic mass is 32.2. The minimum Gasteiger partial charge on any atom is -0.388 e. The Morgan fingerprint density at radius 2 is 2.22 bits per heavy atom. The third-order valence-electron chi connectivity index (χ3n) is 4.23. The minimum atomic E-state index is -0.616. The summed E-state index contributed by atoms with van der Waals surface area (Å²) < 4.78 is 2.02. The highest BCUT2D eigenvalue weighted by molar-refractivity contribution is 7.99. The molecule has 1 aromatic heterocycles. The number of rotatable bonds is 3. The van der Waals surface area contributed by atoms with Gasteiger partial charge in [0.2, 0.25) is 0 Å². The molecule has 1 unspecified atom stereocenters. The van der Waals surface area contributed by atoms with Crippen molar-refractivity contribution in [2.24, 2.45) is 5.41 Å². The molecule has 4 heteroatoms. The molecule has 18 heavy (non-hydrogen) atoms. The zero-order valence-electron chi connectivity index (χ0n) is 11.9. The van der Waals surface area contributed by atoms with Gasteiger partial charge in [-0.1, -0.05) is 13.8 Å². The van der Waals surface area contributed by atoms with Gasteiger partial charge in [0.1, 0.15) is 0 Å². The fraction of sp³-hybridized carbons (Fsp3) is 0.786. The molecule has 1 atom stereocenters. The lowest BCUT2D eigenvalue weighted by atomic mass is 9.71. The Balaban J connectivity index is 2.25. The van der Waals surface area contributed by atoms with E-state index in [0.717, 1.165) is 35.9 Å². The molecule has 0 aliphatic carbocycles. The average molecular weight is 268 g/mol. The van der Waals surface area contributed by atoms with E-state index in [4.69, 9.17) is 0 Å². The largest absolute Gasteiger partial charge is 0.388 e. The molecular formula is C14H24N2OS. The molecule has 3 nitrogen and oxygen atoms in total. The van der Waals surface area contributed by atoms with Crippen LogP contribution in [0.5, 0.6) is 0 Å². The second kappa shape index (κ2) is 4.89. The SMILES string of the molecule is CCn1nc(C)cc1CC1(O)CSCCC1(C)C. The molecule has 2 rings (SSSR count). The van der Waals surface area contributed by atoms with E-state index in [1.165, 1.54) is 0 Å². The van der Waals surface area contributed by atoms with Gasteiger partial charge in [0.05, 0.1) is 11.3 Å². The van der Waals surface area contributed by atoms with Crippen molar-refractivity contribution in [3.05, 3.63) is 17.5 Å². The molecule has 1 N–H and O–H groups in total. The standard InChI is InChI=1S/C14H24N2OS/c1-5-16-12(8-11(2)15-16)9-14(17)10-18-7-6-13(14,3)4/h8,17H,5-7,9-10H2,1-4H3. The monoisotopic (exact) mass is 268 g/mol. The third-order valence-corrected chi connectivity index (χ3v) is 5.41. The molecule has 0 saturated carbocycles. The molecule has 102 valence electrons. The van der Waals surface area contributed by atoms with Gasteiger partial charge < -0.3 is 5.11 Å². The Hall–Kier alpha value is -0.480. The molecule has 2 heterocycles. The highest BCUT2D eigenvalue weighted by Gasteiger charge is 2.46. The van der Waals surface area contributed by atoms with Gasteiger partial charge in [0.25, 0.3) is 0 Å². The quantitative estimate of drug-likeness (QED) is 0.916. The second-order valence-corrected chi connectivity index (χ2v) is 7.09. The van der Waals surface area contributed by atoms with Gasteiger partial charge in [0, 0.05) is 24.4 Å².